The lowest BCUT2D eigenvalue weighted by Crippen LogP contribution is -2.16. The van der Waals surface area contributed by atoms with Gasteiger partial charge in [0.2, 0.25) is 0 Å². The summed E-state index contributed by atoms with van der Waals surface area (Å²) in [4.78, 5) is 13.6. The summed E-state index contributed by atoms with van der Waals surface area (Å²) in [7, 11) is 4.04. The van der Waals surface area contributed by atoms with E-state index in [1.165, 1.54) is 51.4 Å². The lowest BCUT2D eigenvalue weighted by molar-refractivity contribution is -0.119. The van der Waals surface area contributed by atoms with Crippen molar-refractivity contribution in [1.29, 1.82) is 0 Å². The fourth-order valence-electron chi connectivity index (χ4n) is 2.11. The minimum atomic E-state index is 0. The molecule has 0 aliphatic carbocycles. The van der Waals surface area contributed by atoms with Gasteiger partial charge in [0.25, 0.3) is 0 Å². The van der Waals surface area contributed by atoms with E-state index in [-0.39, 0.29) is 12.4 Å². The van der Waals surface area contributed by atoms with Gasteiger partial charge in [-0.25, -0.2) is 0 Å². The maximum absolute atomic E-state index is 11.5. The molecule has 0 radical (unpaired) electrons. The van der Waals surface area contributed by atoms with Gasteiger partial charge >= 0.3 is 0 Å². The highest BCUT2D eigenvalue weighted by atomic mass is 35.5. The van der Waals surface area contributed by atoms with Gasteiger partial charge in [-0.1, -0.05) is 58.3 Å². The van der Waals surface area contributed by atoms with Crippen LogP contribution in [0.4, 0.5) is 0 Å². The van der Waals surface area contributed by atoms with Gasteiger partial charge in [-0.3, -0.25) is 4.79 Å². The van der Waals surface area contributed by atoms with E-state index in [9.17, 15) is 4.79 Å². The van der Waals surface area contributed by atoms with Crippen molar-refractivity contribution in [3.05, 3.63) is 0 Å². The van der Waals surface area contributed by atoms with E-state index in [0.29, 0.717) is 5.78 Å². The molecule has 0 aromatic rings. The second-order valence-electron chi connectivity index (χ2n) is 5.67. The molecule has 0 saturated heterocycles. The number of rotatable bonds is 13. The van der Waals surface area contributed by atoms with Crippen LogP contribution in [0.15, 0.2) is 0 Å². The number of Topliss-reactive ketones (excluding diaryl/α,β-unsaturated/α-hetero) is 1. The molecule has 0 rings (SSSR count). The maximum Gasteiger partial charge on any atom is 0.134 e. The Morgan fingerprint density at radius 3 is 1.74 bits per heavy atom. The van der Waals surface area contributed by atoms with Gasteiger partial charge in [-0.2, -0.15) is 0 Å². The molecule has 3 heteroatoms. The molecule has 0 atom stereocenters. The van der Waals surface area contributed by atoms with E-state index in [2.05, 4.69) is 11.8 Å². The first kappa shape index (κ1) is 21.2. The Balaban J connectivity index is 0. The second kappa shape index (κ2) is 16.0. The molecular formula is C16H34ClNO. The standard InChI is InChI=1S/C16H33NO.ClH/c1-4-5-6-7-8-9-10-11-12-13-16(18)14-15-17(2)3;/h4-15H2,1-3H3;1H. The van der Waals surface area contributed by atoms with Crippen molar-refractivity contribution in [3.8, 4) is 0 Å². The van der Waals surface area contributed by atoms with E-state index in [1.54, 1.807) is 0 Å². The van der Waals surface area contributed by atoms with Crippen molar-refractivity contribution in [2.24, 2.45) is 0 Å². The molecule has 0 spiro atoms. The van der Waals surface area contributed by atoms with E-state index in [0.717, 1.165) is 25.8 Å². The third kappa shape index (κ3) is 17.9. The Hall–Kier alpha value is -0.0800. The van der Waals surface area contributed by atoms with Crippen LogP contribution in [0.25, 0.3) is 0 Å². The van der Waals surface area contributed by atoms with Crippen molar-refractivity contribution in [2.45, 2.75) is 77.6 Å². The summed E-state index contributed by atoms with van der Waals surface area (Å²) in [5.41, 5.74) is 0. The number of carbonyl (C=O) groups excluding carboxylic acids is 1. The van der Waals surface area contributed by atoms with Crippen molar-refractivity contribution in [3.63, 3.8) is 0 Å². The van der Waals surface area contributed by atoms with Crippen molar-refractivity contribution in [1.82, 2.24) is 4.90 Å². The lowest BCUT2D eigenvalue weighted by Gasteiger charge is -2.08. The molecule has 0 aromatic carbocycles. The molecule has 19 heavy (non-hydrogen) atoms. The molecule has 116 valence electrons. The first-order valence-electron chi connectivity index (χ1n) is 7.83. The van der Waals surface area contributed by atoms with Gasteiger partial charge in [-0.05, 0) is 20.5 Å². The largest absolute Gasteiger partial charge is 0.309 e. The molecule has 0 aliphatic rings. The zero-order valence-corrected chi connectivity index (χ0v) is 14.1. The molecule has 0 unspecified atom stereocenters. The van der Waals surface area contributed by atoms with Crippen molar-refractivity contribution >= 4 is 18.2 Å². The van der Waals surface area contributed by atoms with Gasteiger partial charge in [-0.15, -0.1) is 12.4 Å². The van der Waals surface area contributed by atoms with E-state index >= 15 is 0 Å². The van der Waals surface area contributed by atoms with Gasteiger partial charge in [0, 0.05) is 19.4 Å². The summed E-state index contributed by atoms with van der Waals surface area (Å²) in [6, 6.07) is 0. The van der Waals surface area contributed by atoms with Crippen molar-refractivity contribution in [2.75, 3.05) is 20.6 Å². The topological polar surface area (TPSA) is 20.3 Å². The first-order chi connectivity index (χ1) is 8.66. The van der Waals surface area contributed by atoms with Crippen LogP contribution in [0.1, 0.15) is 77.6 Å². The smallest absolute Gasteiger partial charge is 0.134 e. The van der Waals surface area contributed by atoms with Gasteiger partial charge in [0.1, 0.15) is 5.78 Å². The predicted octanol–water partition coefficient (Wildman–Crippen LogP) is 4.85. The number of ketones is 1. The number of nitrogens with zero attached hydrogens (tertiary/aromatic N) is 1. The van der Waals surface area contributed by atoms with Gasteiger partial charge < -0.3 is 4.90 Å². The molecule has 0 N–H and O–H groups in total. The van der Waals surface area contributed by atoms with E-state index in [1.807, 2.05) is 14.1 Å². The van der Waals surface area contributed by atoms with E-state index in [4.69, 9.17) is 0 Å². The second-order valence-corrected chi connectivity index (χ2v) is 5.67. The summed E-state index contributed by atoms with van der Waals surface area (Å²) in [5, 5.41) is 0. The number of hydrogen-bond acceptors (Lipinski definition) is 2. The summed E-state index contributed by atoms with van der Waals surface area (Å²) < 4.78 is 0. The normalized spacial score (nSPS) is 10.5. The summed E-state index contributed by atoms with van der Waals surface area (Å²) in [6.07, 6.45) is 13.4. The molecule has 0 amide bonds. The maximum atomic E-state index is 11.5. The minimum absolute atomic E-state index is 0. The SMILES string of the molecule is CCCCCCCCCCCC(=O)CCN(C)C.Cl. The van der Waals surface area contributed by atoms with Crippen LogP contribution in [-0.2, 0) is 4.79 Å². The highest BCUT2D eigenvalue weighted by molar-refractivity contribution is 5.85. The molecule has 2 nitrogen and oxygen atoms in total. The molecule has 0 heterocycles. The average molecular weight is 292 g/mol. The third-order valence-corrected chi connectivity index (χ3v) is 3.40. The molecule has 0 aliphatic heterocycles. The molecule has 0 saturated carbocycles. The van der Waals surface area contributed by atoms with Crippen LogP contribution < -0.4 is 0 Å². The fourth-order valence-corrected chi connectivity index (χ4v) is 2.11. The number of hydrogen-bond donors (Lipinski definition) is 0. The molecule has 0 aromatic heterocycles. The first-order valence-corrected chi connectivity index (χ1v) is 7.83. The van der Waals surface area contributed by atoms with Crippen LogP contribution in [0.3, 0.4) is 0 Å². The van der Waals surface area contributed by atoms with Crippen LogP contribution in [-0.4, -0.2) is 31.3 Å². The summed E-state index contributed by atoms with van der Waals surface area (Å²) >= 11 is 0. The van der Waals surface area contributed by atoms with Crippen molar-refractivity contribution < 1.29 is 4.79 Å². The number of unbranched alkanes of at least 4 members (excludes halogenated alkanes) is 8. The predicted molar refractivity (Wildman–Crippen MR) is 87.3 cm³/mol. The zero-order valence-electron chi connectivity index (χ0n) is 13.2. The zero-order chi connectivity index (χ0) is 13.6. The summed E-state index contributed by atoms with van der Waals surface area (Å²) in [6.45, 7) is 3.16. The van der Waals surface area contributed by atoms with E-state index < -0.39 is 0 Å². The molecular weight excluding hydrogens is 258 g/mol. The van der Waals surface area contributed by atoms with Gasteiger partial charge in [0.05, 0.1) is 0 Å². The van der Waals surface area contributed by atoms with Crippen LogP contribution in [0.2, 0.25) is 0 Å². The Bertz CT molecular complexity index is 195. The Morgan fingerprint density at radius 1 is 0.789 bits per heavy atom. The highest BCUT2D eigenvalue weighted by Crippen LogP contribution is 2.10. The average Bonchev–Trinajstić information content (AvgIpc) is 2.34. The molecule has 0 bridgehead atoms. The number of halogens is 1. The number of carbonyl (C=O) groups is 1. The monoisotopic (exact) mass is 291 g/mol. The highest BCUT2D eigenvalue weighted by Gasteiger charge is 2.02. The third-order valence-electron chi connectivity index (χ3n) is 3.40. The van der Waals surface area contributed by atoms with Gasteiger partial charge in [0.15, 0.2) is 0 Å². The van der Waals surface area contributed by atoms with Crippen LogP contribution in [0, 0.1) is 0 Å². The Morgan fingerprint density at radius 2 is 1.26 bits per heavy atom. The molecule has 0 fully saturated rings. The quantitative estimate of drug-likeness (QED) is 0.452. The lowest BCUT2D eigenvalue weighted by atomic mass is 10.0. The Labute approximate surface area is 126 Å². The minimum Gasteiger partial charge on any atom is -0.309 e. The summed E-state index contributed by atoms with van der Waals surface area (Å²) in [5.74, 6) is 0.437. The van der Waals surface area contributed by atoms with Crippen LogP contribution >= 0.6 is 12.4 Å². The Kier molecular flexibility index (Phi) is 17.8. The fraction of sp³-hybridized carbons (Fsp3) is 0.938. The van der Waals surface area contributed by atoms with Crippen LogP contribution in [0.5, 0.6) is 0 Å².